The van der Waals surface area contributed by atoms with Gasteiger partial charge in [0.1, 0.15) is 11.4 Å². The van der Waals surface area contributed by atoms with E-state index in [-0.39, 0.29) is 12.1 Å². The third-order valence-corrected chi connectivity index (χ3v) is 4.07. The first-order valence-corrected chi connectivity index (χ1v) is 8.47. The maximum absolute atomic E-state index is 9.45. The highest BCUT2D eigenvalue weighted by Crippen LogP contribution is 2.21. The first-order chi connectivity index (χ1) is 12.1. The molecule has 25 heavy (non-hydrogen) atoms. The van der Waals surface area contributed by atoms with Crippen LogP contribution in [0.1, 0.15) is 25.1 Å². The van der Waals surface area contributed by atoms with E-state index in [1.807, 2.05) is 62.4 Å². The SMILES string of the molecule is CC(C)(CO)NCc1nn(Cc2ccccc2)nc1-c1ccccc1. The molecule has 0 unspecified atom stereocenters. The van der Waals surface area contributed by atoms with Crippen LogP contribution in [0.15, 0.2) is 60.7 Å². The highest BCUT2D eigenvalue weighted by Gasteiger charge is 2.19. The van der Waals surface area contributed by atoms with E-state index in [4.69, 9.17) is 5.10 Å². The van der Waals surface area contributed by atoms with Gasteiger partial charge in [-0.05, 0) is 19.4 Å². The summed E-state index contributed by atoms with van der Waals surface area (Å²) >= 11 is 0. The van der Waals surface area contributed by atoms with Crippen molar-refractivity contribution >= 4 is 0 Å². The van der Waals surface area contributed by atoms with Crippen LogP contribution in [-0.2, 0) is 13.1 Å². The molecule has 0 spiro atoms. The summed E-state index contributed by atoms with van der Waals surface area (Å²) in [5.41, 5.74) is 3.59. The summed E-state index contributed by atoms with van der Waals surface area (Å²) in [6.07, 6.45) is 0. The second kappa shape index (κ2) is 7.59. The maximum Gasteiger partial charge on any atom is 0.117 e. The Balaban J connectivity index is 1.88. The molecule has 1 heterocycles. The minimum Gasteiger partial charge on any atom is -0.394 e. The summed E-state index contributed by atoms with van der Waals surface area (Å²) in [4.78, 5) is 1.74. The van der Waals surface area contributed by atoms with Gasteiger partial charge in [0, 0.05) is 17.6 Å². The molecule has 0 radical (unpaired) electrons. The summed E-state index contributed by atoms with van der Waals surface area (Å²) in [7, 11) is 0. The Morgan fingerprint density at radius 1 is 0.960 bits per heavy atom. The Labute approximate surface area is 148 Å². The van der Waals surface area contributed by atoms with E-state index in [0.29, 0.717) is 13.1 Å². The monoisotopic (exact) mass is 336 g/mol. The number of benzene rings is 2. The Hall–Kier alpha value is -2.50. The zero-order valence-electron chi connectivity index (χ0n) is 14.7. The molecule has 5 heteroatoms. The number of nitrogens with one attached hydrogen (secondary N) is 1. The summed E-state index contributed by atoms with van der Waals surface area (Å²) in [6.45, 7) is 5.16. The van der Waals surface area contributed by atoms with Crippen molar-refractivity contribution in [2.45, 2.75) is 32.5 Å². The molecule has 5 nitrogen and oxygen atoms in total. The Kier molecular flexibility index (Phi) is 5.26. The minimum absolute atomic E-state index is 0.0613. The first-order valence-electron chi connectivity index (χ1n) is 8.47. The topological polar surface area (TPSA) is 63.0 Å². The van der Waals surface area contributed by atoms with Crippen LogP contribution in [-0.4, -0.2) is 32.2 Å². The standard InChI is InChI=1S/C20H24N4O/c1-20(2,15-25)21-13-18-19(17-11-7-4-8-12-17)23-24(22-18)14-16-9-5-3-6-10-16/h3-12,21,25H,13-15H2,1-2H3. The molecular weight excluding hydrogens is 312 g/mol. The van der Waals surface area contributed by atoms with Crippen LogP contribution < -0.4 is 5.32 Å². The highest BCUT2D eigenvalue weighted by atomic mass is 16.3. The van der Waals surface area contributed by atoms with Gasteiger partial charge in [0.05, 0.1) is 13.2 Å². The van der Waals surface area contributed by atoms with Gasteiger partial charge in [0.2, 0.25) is 0 Å². The van der Waals surface area contributed by atoms with E-state index in [2.05, 4.69) is 22.5 Å². The van der Waals surface area contributed by atoms with Crippen LogP contribution in [0.5, 0.6) is 0 Å². The molecule has 3 aromatic rings. The van der Waals surface area contributed by atoms with Crippen molar-refractivity contribution in [1.29, 1.82) is 0 Å². The average molecular weight is 336 g/mol. The number of aliphatic hydroxyl groups is 1. The molecule has 130 valence electrons. The van der Waals surface area contributed by atoms with Gasteiger partial charge < -0.3 is 10.4 Å². The third-order valence-electron chi connectivity index (χ3n) is 4.07. The van der Waals surface area contributed by atoms with Gasteiger partial charge in [-0.15, -0.1) is 0 Å². The van der Waals surface area contributed by atoms with Crippen LogP contribution in [0.4, 0.5) is 0 Å². The second-order valence-electron chi connectivity index (χ2n) is 6.77. The Bertz CT molecular complexity index is 797. The van der Waals surface area contributed by atoms with E-state index in [9.17, 15) is 5.11 Å². The van der Waals surface area contributed by atoms with Crippen molar-refractivity contribution in [3.8, 4) is 11.3 Å². The normalized spacial score (nSPS) is 11.6. The zero-order valence-corrected chi connectivity index (χ0v) is 14.7. The molecule has 0 amide bonds. The van der Waals surface area contributed by atoms with Crippen molar-refractivity contribution in [3.05, 3.63) is 71.9 Å². The van der Waals surface area contributed by atoms with Crippen LogP contribution in [0, 0.1) is 0 Å². The van der Waals surface area contributed by atoms with E-state index in [1.165, 1.54) is 0 Å². The van der Waals surface area contributed by atoms with Gasteiger partial charge in [0.15, 0.2) is 0 Å². The molecule has 0 bridgehead atoms. The zero-order chi connectivity index (χ0) is 17.7. The summed E-state index contributed by atoms with van der Waals surface area (Å²) in [6, 6.07) is 20.2. The van der Waals surface area contributed by atoms with Crippen molar-refractivity contribution in [3.63, 3.8) is 0 Å². The molecule has 0 atom stereocenters. The lowest BCUT2D eigenvalue weighted by atomic mass is 10.1. The van der Waals surface area contributed by atoms with Gasteiger partial charge in [-0.3, -0.25) is 0 Å². The van der Waals surface area contributed by atoms with Gasteiger partial charge in [-0.1, -0.05) is 60.7 Å². The summed E-state index contributed by atoms with van der Waals surface area (Å²) in [5.74, 6) is 0. The second-order valence-corrected chi connectivity index (χ2v) is 6.77. The molecular formula is C20H24N4O. The van der Waals surface area contributed by atoms with Crippen molar-refractivity contribution in [1.82, 2.24) is 20.3 Å². The lowest BCUT2D eigenvalue weighted by Gasteiger charge is -2.23. The van der Waals surface area contributed by atoms with Crippen molar-refractivity contribution < 1.29 is 5.11 Å². The van der Waals surface area contributed by atoms with Gasteiger partial charge in [-0.2, -0.15) is 15.0 Å². The average Bonchev–Trinajstić information content (AvgIpc) is 3.04. The number of aliphatic hydroxyl groups excluding tert-OH is 1. The molecule has 1 aromatic heterocycles. The van der Waals surface area contributed by atoms with E-state index in [1.54, 1.807) is 4.80 Å². The van der Waals surface area contributed by atoms with Crippen molar-refractivity contribution in [2.24, 2.45) is 0 Å². The quantitative estimate of drug-likeness (QED) is 0.696. The molecule has 3 rings (SSSR count). The highest BCUT2D eigenvalue weighted by molar-refractivity contribution is 5.60. The lowest BCUT2D eigenvalue weighted by molar-refractivity contribution is 0.187. The fourth-order valence-electron chi connectivity index (χ4n) is 2.52. The van der Waals surface area contributed by atoms with Crippen molar-refractivity contribution in [2.75, 3.05) is 6.61 Å². The van der Waals surface area contributed by atoms with Crippen LogP contribution in [0.25, 0.3) is 11.3 Å². The molecule has 2 aromatic carbocycles. The molecule has 0 saturated carbocycles. The van der Waals surface area contributed by atoms with Gasteiger partial charge >= 0.3 is 0 Å². The third kappa shape index (κ3) is 4.53. The molecule has 0 fully saturated rings. The predicted octanol–water partition coefficient (Wildman–Crippen LogP) is 2.85. The van der Waals surface area contributed by atoms with Crippen LogP contribution >= 0.6 is 0 Å². The van der Waals surface area contributed by atoms with Gasteiger partial charge in [0.25, 0.3) is 0 Å². The minimum atomic E-state index is -0.364. The number of aromatic nitrogens is 3. The maximum atomic E-state index is 9.45. The summed E-state index contributed by atoms with van der Waals surface area (Å²) < 4.78 is 0. The van der Waals surface area contributed by atoms with Crippen LogP contribution in [0.3, 0.4) is 0 Å². The first kappa shape index (κ1) is 17.3. The molecule has 2 N–H and O–H groups in total. The Morgan fingerprint density at radius 3 is 2.24 bits per heavy atom. The molecule has 0 aliphatic heterocycles. The number of hydrogen-bond donors (Lipinski definition) is 2. The fraction of sp³-hybridized carbons (Fsp3) is 0.300. The lowest BCUT2D eigenvalue weighted by Crippen LogP contribution is -2.42. The molecule has 0 aliphatic carbocycles. The fourth-order valence-corrected chi connectivity index (χ4v) is 2.52. The molecule has 0 aliphatic rings. The van der Waals surface area contributed by atoms with E-state index < -0.39 is 0 Å². The Morgan fingerprint density at radius 2 is 1.60 bits per heavy atom. The van der Waals surface area contributed by atoms with Gasteiger partial charge in [-0.25, -0.2) is 0 Å². The smallest absolute Gasteiger partial charge is 0.117 e. The number of nitrogens with zero attached hydrogens (tertiary/aromatic N) is 3. The van der Waals surface area contributed by atoms with E-state index >= 15 is 0 Å². The molecule has 0 saturated heterocycles. The number of rotatable bonds is 7. The number of hydrogen-bond acceptors (Lipinski definition) is 4. The largest absolute Gasteiger partial charge is 0.394 e. The summed E-state index contributed by atoms with van der Waals surface area (Å²) in [5, 5.41) is 22.2. The predicted molar refractivity (Wildman–Crippen MR) is 99.0 cm³/mol. The van der Waals surface area contributed by atoms with E-state index in [0.717, 1.165) is 22.5 Å². The van der Waals surface area contributed by atoms with Crippen LogP contribution in [0.2, 0.25) is 0 Å².